The maximum atomic E-state index is 13.4. The van der Waals surface area contributed by atoms with Crippen LogP contribution in [0, 0.1) is 11.6 Å². The number of benzene rings is 1. The first-order chi connectivity index (χ1) is 12.0. The second kappa shape index (κ2) is 5.89. The summed E-state index contributed by atoms with van der Waals surface area (Å²) in [6, 6.07) is 3.77. The molecule has 2 aromatic rings. The molecule has 0 amide bonds. The van der Waals surface area contributed by atoms with Crippen LogP contribution in [0.5, 0.6) is 5.88 Å². The van der Waals surface area contributed by atoms with E-state index in [1.807, 2.05) is 25.8 Å². The quantitative estimate of drug-likeness (QED) is 0.864. The number of anilines is 1. The summed E-state index contributed by atoms with van der Waals surface area (Å²) < 4.78 is 49.4. The Kier molecular flexibility index (Phi) is 3.42. The second-order valence-corrected chi connectivity index (χ2v) is 6.37. The van der Waals surface area contributed by atoms with E-state index in [9.17, 15) is 13.6 Å². The molecular formula is C17H19F2N3O2. The Hall–Kier alpha value is -2.44. The van der Waals surface area contributed by atoms with Crippen LogP contribution >= 0.6 is 0 Å². The zero-order valence-electron chi connectivity index (χ0n) is 15.6. The number of aromatic nitrogens is 2. The summed E-state index contributed by atoms with van der Waals surface area (Å²) in [6.45, 7) is 1.97. The lowest BCUT2D eigenvalue weighted by molar-refractivity contribution is 0.286. The van der Waals surface area contributed by atoms with Gasteiger partial charge < -0.3 is 9.64 Å². The van der Waals surface area contributed by atoms with Gasteiger partial charge in [-0.1, -0.05) is 0 Å². The van der Waals surface area contributed by atoms with Crippen molar-refractivity contribution in [2.24, 2.45) is 0 Å². The Bertz CT molecular complexity index is 895. The van der Waals surface area contributed by atoms with Gasteiger partial charge in [0.05, 0.1) is 2.74 Å². The molecule has 0 aliphatic carbocycles. The van der Waals surface area contributed by atoms with Crippen LogP contribution in [0.15, 0.2) is 29.1 Å². The number of fused-ring (bicyclic) bond motifs is 1. The molecule has 0 saturated heterocycles. The predicted octanol–water partition coefficient (Wildman–Crippen LogP) is 2.72. The van der Waals surface area contributed by atoms with E-state index in [-0.39, 0.29) is 17.0 Å². The van der Waals surface area contributed by atoms with Crippen molar-refractivity contribution in [2.45, 2.75) is 38.9 Å². The van der Waals surface area contributed by atoms with Gasteiger partial charge in [-0.25, -0.2) is 13.6 Å². The molecule has 0 unspecified atom stereocenters. The maximum absolute atomic E-state index is 13.4. The summed E-state index contributed by atoms with van der Waals surface area (Å²) in [5.74, 6) is -1.56. The molecule has 5 nitrogen and oxygen atoms in total. The summed E-state index contributed by atoms with van der Waals surface area (Å²) in [4.78, 5) is 17.9. The van der Waals surface area contributed by atoms with Crippen LogP contribution in [0.1, 0.15) is 28.6 Å². The Morgan fingerprint density at radius 2 is 1.96 bits per heavy atom. The van der Waals surface area contributed by atoms with Crippen molar-refractivity contribution in [3.63, 3.8) is 0 Å². The fourth-order valence-corrected chi connectivity index (χ4v) is 2.60. The van der Waals surface area contributed by atoms with E-state index in [0.29, 0.717) is 18.4 Å². The lowest BCUT2D eigenvalue weighted by Gasteiger charge is -2.42. The lowest BCUT2D eigenvalue weighted by Crippen LogP contribution is -2.49. The molecule has 3 rings (SSSR count). The van der Waals surface area contributed by atoms with Crippen molar-refractivity contribution >= 4 is 5.82 Å². The van der Waals surface area contributed by atoms with Gasteiger partial charge in [0.1, 0.15) is 24.0 Å². The summed E-state index contributed by atoms with van der Waals surface area (Å²) in [6.07, 6.45) is 0.752. The van der Waals surface area contributed by atoms with Crippen molar-refractivity contribution in [1.29, 1.82) is 0 Å². The number of rotatable bonds is 3. The average molecular weight is 337 g/mol. The highest BCUT2D eigenvalue weighted by Gasteiger charge is 2.31. The molecular weight excluding hydrogens is 316 g/mol. The molecule has 0 spiro atoms. The summed E-state index contributed by atoms with van der Waals surface area (Å²) >= 11 is 0. The highest BCUT2D eigenvalue weighted by Crippen LogP contribution is 2.31. The Morgan fingerprint density at radius 1 is 1.29 bits per heavy atom. The first-order valence-corrected chi connectivity index (χ1v) is 7.51. The van der Waals surface area contributed by atoms with E-state index in [4.69, 9.17) is 7.48 Å². The molecule has 1 aromatic carbocycles. The number of hydrogen-bond donors (Lipinski definition) is 0. The zero-order chi connectivity index (χ0) is 19.3. The van der Waals surface area contributed by atoms with E-state index in [1.54, 1.807) is 0 Å². The molecule has 0 atom stereocenters. The van der Waals surface area contributed by atoms with Crippen molar-refractivity contribution < 1.29 is 16.3 Å². The molecule has 128 valence electrons. The van der Waals surface area contributed by atoms with E-state index in [0.717, 1.165) is 18.6 Å². The molecule has 0 radical (unpaired) electrons. The minimum atomic E-state index is -2.57. The summed E-state index contributed by atoms with van der Waals surface area (Å²) in [5, 5.41) is 0. The van der Waals surface area contributed by atoms with Crippen LogP contribution < -0.4 is 15.3 Å². The van der Waals surface area contributed by atoms with Crippen molar-refractivity contribution in [3.05, 3.63) is 51.9 Å². The van der Waals surface area contributed by atoms with Gasteiger partial charge in [0.15, 0.2) is 0 Å². The van der Waals surface area contributed by atoms with Crippen molar-refractivity contribution in [1.82, 2.24) is 9.55 Å². The van der Waals surface area contributed by atoms with Gasteiger partial charge in [-0.2, -0.15) is 4.98 Å². The van der Waals surface area contributed by atoms with Crippen LogP contribution in [-0.4, -0.2) is 22.1 Å². The molecule has 0 saturated carbocycles. The maximum Gasteiger partial charge on any atom is 0.352 e. The molecule has 0 fully saturated rings. The molecule has 24 heavy (non-hydrogen) atoms. The predicted molar refractivity (Wildman–Crippen MR) is 86.3 cm³/mol. The number of nitrogens with zero attached hydrogens (tertiary/aromatic N) is 3. The third-order valence-corrected chi connectivity index (χ3v) is 4.30. The fourth-order valence-electron chi connectivity index (χ4n) is 2.60. The first-order valence-electron chi connectivity index (χ1n) is 8.51. The van der Waals surface area contributed by atoms with Gasteiger partial charge in [-0.15, -0.1) is 0 Å². The van der Waals surface area contributed by atoms with E-state index >= 15 is 0 Å². The highest BCUT2D eigenvalue weighted by molar-refractivity contribution is 5.45. The summed E-state index contributed by atoms with van der Waals surface area (Å²) in [5.41, 5.74) is -1.11. The van der Waals surface area contributed by atoms with Gasteiger partial charge in [0.2, 0.25) is 5.88 Å². The lowest BCUT2D eigenvalue weighted by atomic mass is 9.96. The Labute approximate surface area is 141 Å². The molecule has 7 heteroatoms. The Morgan fingerprint density at radius 3 is 2.62 bits per heavy atom. The SMILES string of the molecule is [2H]C([2H])(Oc1cc2n(c(=O)n1)CCC(C)(C)N2C)c1cc(F)cc(F)c1. The van der Waals surface area contributed by atoms with Crippen LogP contribution in [0.3, 0.4) is 0 Å². The minimum Gasteiger partial charge on any atom is -0.473 e. The van der Waals surface area contributed by atoms with Crippen molar-refractivity contribution in [3.8, 4) is 5.88 Å². The van der Waals surface area contributed by atoms with Gasteiger partial charge in [-0.05, 0) is 38.0 Å². The summed E-state index contributed by atoms with van der Waals surface area (Å²) in [7, 11) is 1.82. The van der Waals surface area contributed by atoms with E-state index in [2.05, 4.69) is 4.98 Å². The van der Waals surface area contributed by atoms with Crippen LogP contribution in [0.2, 0.25) is 0 Å². The third-order valence-electron chi connectivity index (χ3n) is 4.30. The molecule has 2 heterocycles. The fraction of sp³-hybridized carbons (Fsp3) is 0.412. The van der Waals surface area contributed by atoms with E-state index in [1.165, 1.54) is 10.6 Å². The number of hydrogen-bond acceptors (Lipinski definition) is 4. The molecule has 1 aliphatic rings. The first kappa shape index (κ1) is 13.9. The van der Waals surface area contributed by atoms with Gasteiger partial charge in [-0.3, -0.25) is 4.57 Å². The standard InChI is InChI=1S/C17H19F2N3O2/c1-17(2)4-5-22-15(21(17)3)9-14(20-16(22)23)24-10-11-6-12(18)8-13(19)7-11/h6-9H,4-5,10H2,1-3H3/i10D2. The molecule has 1 aliphatic heterocycles. The second-order valence-electron chi connectivity index (χ2n) is 6.37. The third kappa shape index (κ3) is 3.11. The van der Waals surface area contributed by atoms with Gasteiger partial charge in [0.25, 0.3) is 0 Å². The normalized spacial score (nSPS) is 17.8. The smallest absolute Gasteiger partial charge is 0.352 e. The number of halogens is 2. The molecule has 1 aromatic heterocycles. The van der Waals surface area contributed by atoms with Gasteiger partial charge >= 0.3 is 5.69 Å². The average Bonchev–Trinajstić information content (AvgIpc) is 2.50. The van der Waals surface area contributed by atoms with Crippen LogP contribution in [0.4, 0.5) is 14.6 Å². The zero-order valence-corrected chi connectivity index (χ0v) is 13.6. The Balaban J connectivity index is 1.99. The van der Waals surface area contributed by atoms with Crippen LogP contribution in [-0.2, 0) is 13.1 Å². The molecule has 0 bridgehead atoms. The monoisotopic (exact) mass is 337 g/mol. The highest BCUT2D eigenvalue weighted by atomic mass is 19.1. The molecule has 0 N–H and O–H groups in total. The largest absolute Gasteiger partial charge is 0.473 e. The van der Waals surface area contributed by atoms with E-state index < -0.39 is 23.9 Å². The minimum absolute atomic E-state index is 0.199. The number of ether oxygens (including phenoxy) is 1. The van der Waals surface area contributed by atoms with Crippen LogP contribution in [0.25, 0.3) is 0 Å². The topological polar surface area (TPSA) is 47.4 Å². The van der Waals surface area contributed by atoms with Gasteiger partial charge in [0, 0.05) is 31.3 Å². The van der Waals surface area contributed by atoms with Crippen molar-refractivity contribution in [2.75, 3.05) is 11.9 Å².